The summed E-state index contributed by atoms with van der Waals surface area (Å²) in [5.74, 6) is -8.92. The lowest BCUT2D eigenvalue weighted by atomic mass is 9.96. The number of fused-ring (bicyclic) bond motifs is 1. The van der Waals surface area contributed by atoms with Gasteiger partial charge in [0.05, 0.1) is 31.4 Å². The number of H-pyrrole nitrogens is 2. The molecule has 2 aromatic heterocycles. The first kappa shape index (κ1) is 69.7. The van der Waals surface area contributed by atoms with E-state index in [1.807, 2.05) is 33.8 Å². The summed E-state index contributed by atoms with van der Waals surface area (Å²) >= 11 is 0. The summed E-state index contributed by atoms with van der Waals surface area (Å²) in [6.07, 6.45) is 2.92. The van der Waals surface area contributed by atoms with Crippen LogP contribution in [0.25, 0.3) is 10.9 Å². The SMILES string of the molecule is CC(C)C[C@H](NC(=O)C[C@H](O)[C@H](CC(C)C)NC(=O)[C@H](Cc1cnc[nH]1)NC(=O)CN(C)C(=O)[C@@H](NC(=O)[C@H](C)NC(=O)[C@H](Cc1c[nH]c2ccccc12)NC(=O)[C@H](CCC(N)=O)NC(=O)CCCCNC(=O)c1ccc([18F])cc1)C(C)C)C(N)=O. The van der Waals surface area contributed by atoms with Crippen molar-refractivity contribution in [2.45, 2.75) is 161 Å². The molecular formula is C59H85FN14O12. The molecule has 4 aromatic rings. The highest BCUT2D eigenvalue weighted by atomic mass is 18.2. The molecule has 4 rings (SSSR count). The molecule has 0 saturated heterocycles. The third-order valence-corrected chi connectivity index (χ3v) is 14.0. The number of aliphatic hydroxyl groups excluding tert-OH is 1. The van der Waals surface area contributed by atoms with Gasteiger partial charge < -0.3 is 74.0 Å². The molecule has 0 unspecified atom stereocenters. The molecule has 0 fully saturated rings. The van der Waals surface area contributed by atoms with Crippen molar-refractivity contribution in [3.63, 3.8) is 0 Å². The summed E-state index contributed by atoms with van der Waals surface area (Å²) in [5.41, 5.74) is 13.0. The van der Waals surface area contributed by atoms with Crippen molar-refractivity contribution in [1.29, 1.82) is 0 Å². The summed E-state index contributed by atoms with van der Waals surface area (Å²) < 4.78 is 13.3. The predicted molar refractivity (Wildman–Crippen MR) is 316 cm³/mol. The molecule has 86 heavy (non-hydrogen) atoms. The molecule has 0 radical (unpaired) electrons. The van der Waals surface area contributed by atoms with E-state index in [-0.39, 0.29) is 75.3 Å². The van der Waals surface area contributed by atoms with Crippen LogP contribution in [0.3, 0.4) is 0 Å². The van der Waals surface area contributed by atoms with Crippen LogP contribution in [0.15, 0.2) is 67.3 Å². The van der Waals surface area contributed by atoms with Gasteiger partial charge in [0.2, 0.25) is 59.1 Å². The third kappa shape index (κ3) is 23.4. The van der Waals surface area contributed by atoms with Crippen molar-refractivity contribution in [2.24, 2.45) is 29.2 Å². The number of aromatic nitrogens is 3. The topological polar surface area (TPSA) is 404 Å². The maximum Gasteiger partial charge on any atom is 0.251 e. The molecule has 8 atom stereocenters. The van der Waals surface area contributed by atoms with E-state index in [0.29, 0.717) is 17.7 Å². The van der Waals surface area contributed by atoms with Crippen LogP contribution >= 0.6 is 0 Å². The summed E-state index contributed by atoms with van der Waals surface area (Å²) in [7, 11) is 1.32. The van der Waals surface area contributed by atoms with E-state index in [0.717, 1.165) is 27.9 Å². The van der Waals surface area contributed by atoms with Gasteiger partial charge in [-0.25, -0.2) is 9.37 Å². The fourth-order valence-corrected chi connectivity index (χ4v) is 9.31. The van der Waals surface area contributed by atoms with Gasteiger partial charge in [0.15, 0.2) is 0 Å². The molecule has 2 aromatic carbocycles. The highest BCUT2D eigenvalue weighted by Crippen LogP contribution is 2.20. The normalized spacial score (nSPS) is 14.1. The maximum absolute atomic E-state index is 14.3. The fraction of sp³-hybridized carbons (Fsp3) is 0.525. The molecule has 0 bridgehead atoms. The molecule has 0 spiro atoms. The molecule has 470 valence electrons. The van der Waals surface area contributed by atoms with Crippen molar-refractivity contribution in [3.05, 3.63) is 89.9 Å². The minimum absolute atomic E-state index is 0.0270. The number of rotatable bonds is 36. The summed E-state index contributed by atoms with van der Waals surface area (Å²) in [5, 5.41) is 33.3. The number of carbonyl (C=O) groups is 11. The quantitative estimate of drug-likeness (QED) is 0.0277. The van der Waals surface area contributed by atoms with E-state index in [1.54, 1.807) is 38.2 Å². The summed E-state index contributed by atoms with van der Waals surface area (Å²) in [6.45, 7) is 11.7. The molecular weight excluding hydrogens is 1110 g/mol. The number of hydrogen-bond donors (Lipinski definition) is 13. The lowest BCUT2D eigenvalue weighted by Crippen LogP contribution is -2.59. The lowest BCUT2D eigenvalue weighted by molar-refractivity contribution is -0.140. The average molecular weight is 1200 g/mol. The first-order chi connectivity index (χ1) is 40.6. The largest absolute Gasteiger partial charge is 0.390 e. The minimum atomic E-state index is -1.41. The molecule has 0 saturated carbocycles. The number of carbonyl (C=O) groups excluding carboxylic acids is 11. The van der Waals surface area contributed by atoms with Gasteiger partial charge in [-0.1, -0.05) is 59.7 Å². The number of aliphatic hydroxyl groups is 1. The number of hydrogen-bond acceptors (Lipinski definition) is 13. The highest BCUT2D eigenvalue weighted by molar-refractivity contribution is 5.97. The molecule has 15 N–H and O–H groups in total. The van der Waals surface area contributed by atoms with Crippen molar-refractivity contribution in [2.75, 3.05) is 20.1 Å². The number of nitrogens with zero attached hydrogens (tertiary/aromatic N) is 2. The molecule has 0 aliphatic rings. The Balaban J connectivity index is 1.43. The number of nitrogens with two attached hydrogens (primary N) is 2. The summed E-state index contributed by atoms with van der Waals surface area (Å²) in [4.78, 5) is 158. The zero-order chi connectivity index (χ0) is 63.8. The Morgan fingerprint density at radius 2 is 1.29 bits per heavy atom. The lowest BCUT2D eigenvalue weighted by Gasteiger charge is -2.30. The Kier molecular flexibility index (Phi) is 27.8. The monoisotopic (exact) mass is 1200 g/mol. The number of unbranched alkanes of at least 4 members (excludes halogenated alkanes) is 1. The Morgan fingerprint density at radius 1 is 0.663 bits per heavy atom. The molecule has 0 aliphatic heterocycles. The molecule has 27 heteroatoms. The smallest absolute Gasteiger partial charge is 0.251 e. The van der Waals surface area contributed by atoms with E-state index in [1.165, 1.54) is 38.6 Å². The van der Waals surface area contributed by atoms with E-state index in [4.69, 9.17) is 11.5 Å². The van der Waals surface area contributed by atoms with Gasteiger partial charge >= 0.3 is 0 Å². The van der Waals surface area contributed by atoms with Gasteiger partial charge in [0.25, 0.3) is 5.91 Å². The van der Waals surface area contributed by atoms with Crippen LogP contribution in [-0.4, -0.2) is 158 Å². The number of likely N-dealkylation sites (N-methyl/N-ethyl adjacent to an activating group) is 1. The van der Waals surface area contributed by atoms with E-state index in [2.05, 4.69) is 57.5 Å². The zero-order valence-corrected chi connectivity index (χ0v) is 50.1. The van der Waals surface area contributed by atoms with E-state index in [9.17, 15) is 62.2 Å². The number of halogens is 1. The second-order valence-electron chi connectivity index (χ2n) is 22.7. The van der Waals surface area contributed by atoms with Crippen LogP contribution in [0.2, 0.25) is 0 Å². The van der Waals surface area contributed by atoms with E-state index >= 15 is 0 Å². The molecule has 0 aliphatic carbocycles. The van der Waals surface area contributed by atoms with Crippen LogP contribution in [0.1, 0.15) is 121 Å². The Labute approximate surface area is 499 Å². The van der Waals surface area contributed by atoms with Crippen molar-refractivity contribution in [1.82, 2.24) is 62.4 Å². The van der Waals surface area contributed by atoms with Gasteiger partial charge in [0.1, 0.15) is 42.1 Å². The Hall–Kier alpha value is -8.75. The number of nitrogens with one attached hydrogen (secondary N) is 10. The second-order valence-corrected chi connectivity index (χ2v) is 22.7. The van der Waals surface area contributed by atoms with Gasteiger partial charge in [-0.2, -0.15) is 0 Å². The standard InChI is InChI=1S/C59H85FN14O12/c1-32(2)23-43(47(75)27-50(78)69-44(53(62)80)24-33(3)4)71-58(85)46(26-39-29-63-31-66-39)70-51(79)30-74(8)59(86)52(34(5)6)73-54(81)35(7)67-57(84)45(25-37-28-65-41-14-10-9-13-40(37)41)72-56(83)42(20-21-48(61)76)68-49(77)15-11-12-22-64-55(82)36-16-18-38(60)19-17-36/h9-10,13-14,16-19,28-29,31-35,42-47,52,65,75H,11-12,15,20-27,30H2,1-8H3,(H2,61,76)(H2,62,80)(H,63,66)(H,64,82)(H,67,84)(H,68,77)(H,69,78)(H,70,79)(H,71,85)(H,72,83)(H,73,81)/t35-,42-,43-,44-,45-,46-,47-,52-/m0/s1/i60-1. The Bertz CT molecular complexity index is 2950. The third-order valence-electron chi connectivity index (χ3n) is 14.0. The number of para-hydroxylation sites is 1. The first-order valence-corrected chi connectivity index (χ1v) is 28.8. The minimum Gasteiger partial charge on any atom is -0.390 e. The number of aromatic amines is 2. The first-order valence-electron chi connectivity index (χ1n) is 28.8. The zero-order valence-electron chi connectivity index (χ0n) is 50.1. The van der Waals surface area contributed by atoms with Crippen LogP contribution in [0, 0.1) is 23.6 Å². The molecule has 26 nitrogen and oxygen atoms in total. The van der Waals surface area contributed by atoms with Gasteiger partial charge in [0, 0.05) is 73.8 Å². The van der Waals surface area contributed by atoms with Gasteiger partial charge in [-0.05, 0) is 92.7 Å². The number of imidazole rings is 1. The van der Waals surface area contributed by atoms with Crippen molar-refractivity contribution >= 4 is 75.9 Å². The van der Waals surface area contributed by atoms with Gasteiger partial charge in [-0.3, -0.25) is 52.7 Å². The van der Waals surface area contributed by atoms with Crippen molar-refractivity contribution < 1.29 is 62.2 Å². The van der Waals surface area contributed by atoms with Crippen LogP contribution in [-0.2, 0) is 60.8 Å². The molecule has 2 heterocycles. The van der Waals surface area contributed by atoms with Crippen LogP contribution in [0.5, 0.6) is 0 Å². The Morgan fingerprint density at radius 3 is 1.92 bits per heavy atom. The maximum atomic E-state index is 14.3. The fourth-order valence-electron chi connectivity index (χ4n) is 9.31. The molecule has 11 amide bonds. The van der Waals surface area contributed by atoms with Crippen LogP contribution in [0.4, 0.5) is 4.39 Å². The number of primary amides is 2. The van der Waals surface area contributed by atoms with Crippen molar-refractivity contribution in [3.8, 4) is 0 Å². The average Bonchev–Trinajstić information content (AvgIpc) is 3.61. The number of amides is 11. The predicted octanol–water partition coefficient (Wildman–Crippen LogP) is 0.537. The van der Waals surface area contributed by atoms with E-state index < -0.39 is 138 Å². The van der Waals surface area contributed by atoms with Gasteiger partial charge in [-0.15, -0.1) is 0 Å². The van der Waals surface area contributed by atoms with Crippen LogP contribution < -0.4 is 54.0 Å². The summed E-state index contributed by atoms with van der Waals surface area (Å²) in [6, 6.07) is 3.67. The number of benzene rings is 2. The highest BCUT2D eigenvalue weighted by Gasteiger charge is 2.35. The second kappa shape index (κ2) is 34.3.